The minimum Gasteiger partial charge on any atom is -0.456 e. The van der Waals surface area contributed by atoms with Crippen molar-refractivity contribution in [2.45, 2.75) is 0 Å². The highest BCUT2D eigenvalue weighted by atomic mass is 16.3. The summed E-state index contributed by atoms with van der Waals surface area (Å²) in [6.07, 6.45) is 0. The molecule has 0 N–H and O–H groups in total. The van der Waals surface area contributed by atoms with Crippen LogP contribution in [0.15, 0.2) is 531 Å². The maximum absolute atomic E-state index is 6.22. The molecule has 0 spiro atoms. The van der Waals surface area contributed by atoms with Crippen molar-refractivity contribution < 1.29 is 8.83 Å². The van der Waals surface area contributed by atoms with Crippen LogP contribution in [0.3, 0.4) is 0 Å². The van der Waals surface area contributed by atoms with Crippen LogP contribution in [0.2, 0.25) is 0 Å². The molecular formula is C132H86N4O2. The third-order valence-corrected chi connectivity index (χ3v) is 27.8. The van der Waals surface area contributed by atoms with Crippen LogP contribution in [0, 0.1) is 0 Å². The molecule has 4 aromatic heterocycles. The number of rotatable bonds is 16. The minimum absolute atomic E-state index is 0.908. The summed E-state index contributed by atoms with van der Waals surface area (Å²) in [5, 5.41) is 17.0. The smallest absolute Gasteiger partial charge is 0.136 e. The maximum Gasteiger partial charge on any atom is 0.136 e. The second-order valence-corrected chi connectivity index (χ2v) is 35.8. The Labute approximate surface area is 798 Å². The zero-order valence-electron chi connectivity index (χ0n) is 75.3. The first-order chi connectivity index (χ1) is 68.4. The molecule has 0 aliphatic rings. The number of anilines is 6. The number of hydrogen-bond acceptors (Lipinski definition) is 4. The fraction of sp³-hybridized carbons (Fsp3) is 0. The van der Waals surface area contributed by atoms with Crippen LogP contribution in [0.25, 0.3) is 220 Å². The first kappa shape index (κ1) is 80.5. The molecule has 0 fully saturated rings. The summed E-state index contributed by atoms with van der Waals surface area (Å²) in [6.45, 7) is 0. The van der Waals surface area contributed by atoms with Crippen molar-refractivity contribution in [1.29, 1.82) is 0 Å². The molecule has 27 aromatic rings. The fourth-order valence-electron chi connectivity index (χ4n) is 20.9. The van der Waals surface area contributed by atoms with Gasteiger partial charge in [-0.05, 0) is 268 Å². The summed E-state index contributed by atoms with van der Waals surface area (Å²) in [7, 11) is 0. The molecule has 138 heavy (non-hydrogen) atoms. The molecule has 0 atom stereocenters. The Morgan fingerprint density at radius 3 is 0.790 bits per heavy atom. The van der Waals surface area contributed by atoms with E-state index in [9.17, 15) is 0 Å². The highest BCUT2D eigenvalue weighted by molar-refractivity contribution is 6.16. The van der Waals surface area contributed by atoms with Crippen molar-refractivity contribution >= 4 is 154 Å². The molecule has 0 saturated carbocycles. The van der Waals surface area contributed by atoms with Gasteiger partial charge >= 0.3 is 0 Å². The Kier molecular flexibility index (Phi) is 19.9. The van der Waals surface area contributed by atoms with E-state index in [1.54, 1.807) is 0 Å². The van der Waals surface area contributed by atoms with Gasteiger partial charge in [-0.1, -0.05) is 370 Å². The van der Waals surface area contributed by atoms with Gasteiger partial charge in [-0.3, -0.25) is 0 Å². The Morgan fingerprint density at radius 2 is 0.406 bits per heavy atom. The summed E-state index contributed by atoms with van der Waals surface area (Å²) in [6, 6.07) is 189. The average molecular weight is 1760 g/mol. The van der Waals surface area contributed by atoms with E-state index in [4.69, 9.17) is 8.83 Å². The van der Waals surface area contributed by atoms with Crippen molar-refractivity contribution in [1.82, 2.24) is 9.13 Å². The predicted molar refractivity (Wildman–Crippen MR) is 581 cm³/mol. The van der Waals surface area contributed by atoms with Crippen molar-refractivity contribution in [3.8, 4) is 100 Å². The largest absolute Gasteiger partial charge is 0.456 e. The molecule has 0 radical (unpaired) electrons. The van der Waals surface area contributed by atoms with E-state index in [0.29, 0.717) is 0 Å². The van der Waals surface area contributed by atoms with Crippen molar-refractivity contribution in [3.05, 3.63) is 522 Å². The summed E-state index contributed by atoms with van der Waals surface area (Å²) in [5.74, 6) is 0. The van der Waals surface area contributed by atoms with Gasteiger partial charge in [-0.15, -0.1) is 0 Å². The summed E-state index contributed by atoms with van der Waals surface area (Å²) >= 11 is 0. The highest BCUT2D eigenvalue weighted by Crippen LogP contribution is 2.47. The lowest BCUT2D eigenvalue weighted by molar-refractivity contribution is 0.668. The molecule has 6 heteroatoms. The third kappa shape index (κ3) is 14.6. The Hall–Kier alpha value is -18.4. The van der Waals surface area contributed by atoms with Crippen LogP contribution in [0.1, 0.15) is 0 Å². The number of benzene rings is 23. The first-order valence-corrected chi connectivity index (χ1v) is 47.2. The highest BCUT2D eigenvalue weighted by Gasteiger charge is 2.23. The van der Waals surface area contributed by atoms with E-state index in [1.807, 2.05) is 24.3 Å². The number of hydrogen-bond donors (Lipinski definition) is 0. The third-order valence-electron chi connectivity index (χ3n) is 27.8. The lowest BCUT2D eigenvalue weighted by Gasteiger charge is -2.28. The Balaban J connectivity index is 0.000000143. The number of para-hydroxylation sites is 6. The Bertz CT molecular complexity index is 9240. The Morgan fingerprint density at radius 1 is 0.138 bits per heavy atom. The quantitative estimate of drug-likeness (QED) is 0.0904. The van der Waals surface area contributed by atoms with Gasteiger partial charge < -0.3 is 27.8 Å². The van der Waals surface area contributed by atoms with Crippen LogP contribution in [-0.2, 0) is 0 Å². The van der Waals surface area contributed by atoms with Crippen LogP contribution in [-0.4, -0.2) is 9.13 Å². The van der Waals surface area contributed by atoms with Crippen LogP contribution in [0.5, 0.6) is 0 Å². The lowest BCUT2D eigenvalue weighted by atomic mass is 9.97. The molecule has 27 rings (SSSR count). The molecule has 0 bridgehead atoms. The topological polar surface area (TPSA) is 42.6 Å². The zero-order valence-corrected chi connectivity index (χ0v) is 75.3. The molecule has 0 aliphatic carbocycles. The van der Waals surface area contributed by atoms with Crippen molar-refractivity contribution in [2.75, 3.05) is 9.80 Å². The van der Waals surface area contributed by atoms with E-state index >= 15 is 0 Å². The van der Waals surface area contributed by atoms with Crippen molar-refractivity contribution in [2.24, 2.45) is 0 Å². The molecular weight excluding hydrogens is 1670 g/mol. The number of nitrogens with zero attached hydrogens (tertiary/aromatic N) is 4. The zero-order chi connectivity index (χ0) is 91.1. The summed E-state index contributed by atoms with van der Waals surface area (Å²) in [4.78, 5) is 4.76. The van der Waals surface area contributed by atoms with Gasteiger partial charge in [0.15, 0.2) is 0 Å². The second-order valence-electron chi connectivity index (χ2n) is 35.8. The molecule has 0 unspecified atom stereocenters. The minimum atomic E-state index is 0.908. The number of aromatic nitrogens is 2. The number of fused-ring (bicyclic) bond motifs is 16. The second kappa shape index (κ2) is 34.0. The van der Waals surface area contributed by atoms with E-state index in [-0.39, 0.29) is 0 Å². The van der Waals surface area contributed by atoms with Crippen LogP contribution < -0.4 is 9.80 Å². The molecule has 23 aromatic carbocycles. The molecule has 6 nitrogen and oxygen atoms in total. The molecule has 0 aliphatic heterocycles. The standard InChI is InChI=1S/C68H44N2O.C64H42N2O/c1-2-15-57-53(12-1)43-66(59-17-4-3-16-58(57)59)69(55-39-34-48(35-40-55)46-26-30-50(31-27-46)52-36-41-63-62-20-7-10-23-67(62)71-68(63)44-52)54-37-32-47(33-38-54)45-24-28-49(29-25-45)51-13-11-14-56(42-51)70-64-21-8-5-18-60(64)61-19-6-9-22-65(61)70;1-2-11-50-41-56(38-32-43(50)10-1)65(54-36-30-47(31-37-54)45-22-26-49(27-23-45)52-33-39-60-59-16-5-8-19-63(59)67-64(60)42-52)53-34-28-46(29-35-53)44-20-24-48(25-21-44)51-12-9-13-55(40-51)66-61-17-6-3-14-57(61)58-15-4-7-18-62(58)66/h1-44H;1-42H. The van der Waals surface area contributed by atoms with Gasteiger partial charge in [0, 0.05) is 88.3 Å². The van der Waals surface area contributed by atoms with Gasteiger partial charge in [0.05, 0.1) is 27.8 Å². The van der Waals surface area contributed by atoms with Crippen LogP contribution in [0.4, 0.5) is 34.1 Å². The maximum atomic E-state index is 6.22. The first-order valence-electron chi connectivity index (χ1n) is 47.2. The van der Waals surface area contributed by atoms with Gasteiger partial charge in [-0.2, -0.15) is 0 Å². The van der Waals surface area contributed by atoms with Gasteiger partial charge in [0.2, 0.25) is 0 Å². The average Bonchev–Trinajstić information content (AvgIpc) is 1.71. The van der Waals surface area contributed by atoms with E-state index in [0.717, 1.165) is 117 Å². The predicted octanol–water partition coefficient (Wildman–Crippen LogP) is 37.1. The van der Waals surface area contributed by atoms with E-state index in [1.165, 1.54) is 137 Å². The number of furan rings is 2. The lowest BCUT2D eigenvalue weighted by Crippen LogP contribution is -2.10. The van der Waals surface area contributed by atoms with Gasteiger partial charge in [-0.25, -0.2) is 0 Å². The summed E-state index contributed by atoms with van der Waals surface area (Å²) in [5.41, 5.74) is 36.1. The van der Waals surface area contributed by atoms with E-state index in [2.05, 4.69) is 516 Å². The van der Waals surface area contributed by atoms with Crippen LogP contribution >= 0.6 is 0 Å². The molecule has 646 valence electrons. The SMILES string of the molecule is c1cc(-c2ccc(-c3ccc(N(c4ccc(-c5ccc(-c6ccc7c(c6)oc6ccccc67)cc5)cc4)c4cc5ccccc5c5ccccc45)cc3)cc2)cc(-n2c3ccccc3c3ccccc32)c1.c1cc(-c2ccc(-c3ccc(N(c4ccc(-c5ccc(-c6ccc7c(c6)oc6ccccc67)cc5)cc4)c4ccc5ccccc5c4)cc3)cc2)cc(-n2c3ccccc3c3ccccc32)c1. The van der Waals surface area contributed by atoms with Crippen molar-refractivity contribution in [3.63, 3.8) is 0 Å². The normalized spacial score (nSPS) is 11.6. The fourth-order valence-corrected chi connectivity index (χ4v) is 20.9. The van der Waals surface area contributed by atoms with Gasteiger partial charge in [0.25, 0.3) is 0 Å². The van der Waals surface area contributed by atoms with Gasteiger partial charge in [0.1, 0.15) is 22.3 Å². The van der Waals surface area contributed by atoms with E-state index < -0.39 is 0 Å². The molecule has 0 amide bonds. The molecule has 0 saturated heterocycles. The monoisotopic (exact) mass is 1760 g/mol. The molecule has 4 heterocycles. The summed E-state index contributed by atoms with van der Waals surface area (Å²) < 4.78 is 17.2.